The number of rotatable bonds is 7. The van der Waals surface area contributed by atoms with Crippen molar-refractivity contribution >= 4 is 11.2 Å². The van der Waals surface area contributed by atoms with Crippen molar-refractivity contribution in [1.82, 2.24) is 19.5 Å². The van der Waals surface area contributed by atoms with Gasteiger partial charge in [-0.15, -0.1) is 0 Å². The zero-order chi connectivity index (χ0) is 25.2. The average Bonchev–Trinajstić information content (AvgIpc) is 3.32. The smallest absolute Gasteiger partial charge is 0.165 e. The molecule has 0 fully saturated rings. The topological polar surface area (TPSA) is 71.3 Å². The van der Waals surface area contributed by atoms with E-state index in [2.05, 4.69) is 18.4 Å². The lowest BCUT2D eigenvalue weighted by molar-refractivity contribution is 0.414. The standard InChI is InChI=1S/C29H28N4O3/c1-18(2)33-28(21-10-16-24(36-5)17-11-21)31-26-25(19-6-12-22(34-3)13-7-19)30-27(32-29(26)33)20-8-14-23(35-4)15-9-20/h6-18H,1-5H3. The van der Waals surface area contributed by atoms with E-state index in [1.165, 1.54) is 0 Å². The molecule has 0 aliphatic carbocycles. The molecular weight excluding hydrogens is 452 g/mol. The number of fused-ring (bicyclic) bond motifs is 1. The van der Waals surface area contributed by atoms with Crippen molar-refractivity contribution in [2.45, 2.75) is 19.9 Å². The molecule has 0 spiro atoms. The molecule has 5 rings (SSSR count). The molecule has 0 N–H and O–H groups in total. The van der Waals surface area contributed by atoms with E-state index in [0.717, 1.165) is 56.6 Å². The molecular formula is C29H28N4O3. The fourth-order valence-electron chi connectivity index (χ4n) is 4.23. The first-order chi connectivity index (χ1) is 17.5. The minimum atomic E-state index is 0.120. The summed E-state index contributed by atoms with van der Waals surface area (Å²) in [5.41, 5.74) is 5.11. The van der Waals surface area contributed by atoms with E-state index in [-0.39, 0.29) is 6.04 Å². The van der Waals surface area contributed by atoms with Crippen molar-refractivity contribution in [3.05, 3.63) is 72.8 Å². The van der Waals surface area contributed by atoms with E-state index in [1.54, 1.807) is 21.3 Å². The molecule has 182 valence electrons. The molecule has 0 aliphatic heterocycles. The van der Waals surface area contributed by atoms with Gasteiger partial charge in [0, 0.05) is 22.7 Å². The molecule has 0 atom stereocenters. The summed E-state index contributed by atoms with van der Waals surface area (Å²) < 4.78 is 18.2. The molecule has 3 aromatic carbocycles. The van der Waals surface area contributed by atoms with Crippen molar-refractivity contribution in [2.24, 2.45) is 0 Å². The van der Waals surface area contributed by atoms with Crippen molar-refractivity contribution in [2.75, 3.05) is 21.3 Å². The number of ether oxygens (including phenoxy) is 3. The van der Waals surface area contributed by atoms with Crippen LogP contribution < -0.4 is 14.2 Å². The first-order valence-corrected chi connectivity index (χ1v) is 11.8. The van der Waals surface area contributed by atoms with Crippen molar-refractivity contribution in [1.29, 1.82) is 0 Å². The van der Waals surface area contributed by atoms with Gasteiger partial charge in [-0.05, 0) is 86.6 Å². The van der Waals surface area contributed by atoms with Crippen LogP contribution in [0.1, 0.15) is 19.9 Å². The van der Waals surface area contributed by atoms with Gasteiger partial charge >= 0.3 is 0 Å². The monoisotopic (exact) mass is 480 g/mol. The van der Waals surface area contributed by atoms with Crippen LogP contribution in [0, 0.1) is 0 Å². The highest BCUT2D eigenvalue weighted by atomic mass is 16.5. The van der Waals surface area contributed by atoms with Crippen LogP contribution in [0.3, 0.4) is 0 Å². The Morgan fingerprint density at radius 1 is 0.583 bits per heavy atom. The van der Waals surface area contributed by atoms with Gasteiger partial charge in [0.25, 0.3) is 0 Å². The molecule has 2 heterocycles. The fourth-order valence-corrected chi connectivity index (χ4v) is 4.23. The number of aromatic nitrogens is 4. The van der Waals surface area contributed by atoms with Crippen molar-refractivity contribution in [3.63, 3.8) is 0 Å². The number of imidazole rings is 1. The van der Waals surface area contributed by atoms with Gasteiger partial charge in [-0.2, -0.15) is 0 Å². The highest BCUT2D eigenvalue weighted by molar-refractivity contribution is 5.91. The van der Waals surface area contributed by atoms with Crippen LogP contribution in [0.2, 0.25) is 0 Å². The van der Waals surface area contributed by atoms with Crippen molar-refractivity contribution < 1.29 is 14.2 Å². The molecule has 7 heteroatoms. The van der Waals surface area contributed by atoms with Crippen LogP contribution in [0.4, 0.5) is 0 Å². The summed E-state index contributed by atoms with van der Waals surface area (Å²) in [5, 5.41) is 0. The Morgan fingerprint density at radius 3 is 1.53 bits per heavy atom. The predicted molar refractivity (Wildman–Crippen MR) is 142 cm³/mol. The first kappa shape index (κ1) is 23.4. The van der Waals surface area contributed by atoms with E-state index in [9.17, 15) is 0 Å². The van der Waals surface area contributed by atoms with Gasteiger partial charge in [0.15, 0.2) is 11.5 Å². The van der Waals surface area contributed by atoms with Crippen LogP contribution in [0.5, 0.6) is 17.2 Å². The number of benzene rings is 3. The Bertz CT molecular complexity index is 1490. The summed E-state index contributed by atoms with van der Waals surface area (Å²) in [5.74, 6) is 3.82. The summed E-state index contributed by atoms with van der Waals surface area (Å²) in [7, 11) is 4.97. The third-order valence-corrected chi connectivity index (χ3v) is 6.12. The van der Waals surface area contributed by atoms with Gasteiger partial charge in [0.05, 0.1) is 21.3 Å². The van der Waals surface area contributed by atoms with E-state index in [4.69, 9.17) is 29.2 Å². The largest absolute Gasteiger partial charge is 0.497 e. The molecule has 0 aliphatic rings. The Balaban J connectivity index is 1.78. The normalized spacial score (nSPS) is 11.2. The molecule has 0 unspecified atom stereocenters. The highest BCUT2D eigenvalue weighted by Gasteiger charge is 2.22. The molecule has 2 aromatic heterocycles. The van der Waals surface area contributed by atoms with Crippen LogP contribution in [-0.4, -0.2) is 40.8 Å². The second kappa shape index (κ2) is 9.70. The molecule has 0 saturated heterocycles. The lowest BCUT2D eigenvalue weighted by Crippen LogP contribution is -2.05. The van der Waals surface area contributed by atoms with Crippen LogP contribution >= 0.6 is 0 Å². The minimum Gasteiger partial charge on any atom is -0.497 e. The molecule has 0 amide bonds. The maximum atomic E-state index is 5.36. The van der Waals surface area contributed by atoms with Gasteiger partial charge in [0.1, 0.15) is 34.3 Å². The van der Waals surface area contributed by atoms with Gasteiger partial charge in [-0.3, -0.25) is 0 Å². The highest BCUT2D eigenvalue weighted by Crippen LogP contribution is 2.35. The zero-order valence-corrected chi connectivity index (χ0v) is 21.0. The maximum Gasteiger partial charge on any atom is 0.165 e. The number of methoxy groups -OCH3 is 3. The molecule has 36 heavy (non-hydrogen) atoms. The van der Waals surface area contributed by atoms with Gasteiger partial charge < -0.3 is 18.8 Å². The SMILES string of the molecule is COc1ccc(-c2nc(-c3ccc(OC)cc3)c3nc(-c4ccc(OC)cc4)n(C(C)C)c3n2)cc1. The summed E-state index contributed by atoms with van der Waals surface area (Å²) in [6, 6.07) is 23.7. The summed E-state index contributed by atoms with van der Waals surface area (Å²) in [6.07, 6.45) is 0. The van der Waals surface area contributed by atoms with E-state index < -0.39 is 0 Å². The first-order valence-electron chi connectivity index (χ1n) is 11.8. The van der Waals surface area contributed by atoms with Gasteiger partial charge in [0.2, 0.25) is 0 Å². The molecule has 0 radical (unpaired) electrons. The van der Waals surface area contributed by atoms with E-state index >= 15 is 0 Å². The van der Waals surface area contributed by atoms with Crippen LogP contribution in [0.15, 0.2) is 72.8 Å². The van der Waals surface area contributed by atoms with E-state index in [0.29, 0.717) is 5.82 Å². The second-order valence-electron chi connectivity index (χ2n) is 8.65. The fraction of sp³-hybridized carbons (Fsp3) is 0.207. The molecule has 5 aromatic rings. The van der Waals surface area contributed by atoms with E-state index in [1.807, 2.05) is 72.8 Å². The lowest BCUT2D eigenvalue weighted by Gasteiger charge is -2.14. The summed E-state index contributed by atoms with van der Waals surface area (Å²) in [6.45, 7) is 4.27. The number of hydrogen-bond acceptors (Lipinski definition) is 6. The summed E-state index contributed by atoms with van der Waals surface area (Å²) >= 11 is 0. The average molecular weight is 481 g/mol. The lowest BCUT2D eigenvalue weighted by atomic mass is 10.1. The number of nitrogens with zero attached hydrogens (tertiary/aromatic N) is 4. The molecule has 7 nitrogen and oxygen atoms in total. The Labute approximate surface area is 210 Å². The third kappa shape index (κ3) is 4.24. The Kier molecular flexibility index (Phi) is 6.29. The zero-order valence-electron chi connectivity index (χ0n) is 21.0. The Morgan fingerprint density at radius 2 is 1.06 bits per heavy atom. The third-order valence-electron chi connectivity index (χ3n) is 6.12. The Hall–Kier alpha value is -4.39. The number of hydrogen-bond donors (Lipinski definition) is 0. The van der Waals surface area contributed by atoms with Crippen LogP contribution in [-0.2, 0) is 0 Å². The predicted octanol–water partition coefficient (Wildman–Crippen LogP) is 6.43. The minimum absolute atomic E-state index is 0.120. The second-order valence-corrected chi connectivity index (χ2v) is 8.65. The van der Waals surface area contributed by atoms with Gasteiger partial charge in [-0.1, -0.05) is 0 Å². The van der Waals surface area contributed by atoms with Crippen LogP contribution in [0.25, 0.3) is 45.2 Å². The maximum absolute atomic E-state index is 5.36. The molecule has 0 saturated carbocycles. The quantitative estimate of drug-likeness (QED) is 0.267. The van der Waals surface area contributed by atoms with Crippen molar-refractivity contribution in [3.8, 4) is 51.3 Å². The summed E-state index contributed by atoms with van der Waals surface area (Å²) in [4.78, 5) is 15.1. The van der Waals surface area contributed by atoms with Gasteiger partial charge in [-0.25, -0.2) is 15.0 Å². The molecule has 0 bridgehead atoms.